The number of nitrogens with one attached hydrogen (secondary N) is 1. The first kappa shape index (κ1) is 31.2. The zero-order valence-corrected chi connectivity index (χ0v) is 30.8. The Labute approximate surface area is 318 Å². The molecule has 54 heavy (non-hydrogen) atoms. The van der Waals surface area contributed by atoms with E-state index < -0.39 is 0 Å². The maximum absolute atomic E-state index is 5.46. The average molecular weight is 710 g/mol. The van der Waals surface area contributed by atoms with Gasteiger partial charge in [-0.25, -0.2) is 4.98 Å². The second-order valence-electron chi connectivity index (χ2n) is 15.1. The van der Waals surface area contributed by atoms with Crippen molar-refractivity contribution in [1.82, 2.24) is 10.3 Å². The van der Waals surface area contributed by atoms with E-state index in [9.17, 15) is 0 Å². The molecule has 1 unspecified atom stereocenters. The van der Waals surface area contributed by atoms with E-state index in [1.807, 2.05) is 0 Å². The Balaban J connectivity index is 1.05. The lowest BCUT2D eigenvalue weighted by molar-refractivity contribution is 0.659. The topological polar surface area (TPSA) is 37.3 Å². The van der Waals surface area contributed by atoms with Crippen molar-refractivity contribution in [2.24, 2.45) is 4.99 Å². The number of nitrogens with zero attached hydrogens (tertiary/aromatic N) is 2. The molecule has 4 heteroatoms. The molecular formula is C50H35N3S. The maximum atomic E-state index is 5.46. The van der Waals surface area contributed by atoms with Crippen LogP contribution in [0.5, 0.6) is 0 Å². The van der Waals surface area contributed by atoms with Crippen molar-refractivity contribution >= 4 is 65.3 Å². The van der Waals surface area contributed by atoms with Gasteiger partial charge in [0, 0.05) is 27.6 Å². The zero-order chi connectivity index (χ0) is 36.0. The molecule has 2 heterocycles. The van der Waals surface area contributed by atoms with Crippen molar-refractivity contribution < 1.29 is 0 Å². The fraction of sp³-hybridized carbons (Fsp3) is 0.0800. The van der Waals surface area contributed by atoms with E-state index >= 15 is 0 Å². The third-order valence-electron chi connectivity index (χ3n) is 11.5. The van der Waals surface area contributed by atoms with E-state index in [4.69, 9.17) is 9.98 Å². The minimum atomic E-state index is -0.273. The molecule has 0 fully saturated rings. The van der Waals surface area contributed by atoms with Crippen LogP contribution in [0.2, 0.25) is 0 Å². The summed E-state index contributed by atoms with van der Waals surface area (Å²) in [7, 11) is 0. The molecule has 1 aliphatic heterocycles. The molecule has 0 saturated heterocycles. The van der Waals surface area contributed by atoms with E-state index in [1.165, 1.54) is 59.3 Å². The van der Waals surface area contributed by atoms with Crippen LogP contribution in [0.4, 0.5) is 0 Å². The van der Waals surface area contributed by atoms with Crippen LogP contribution in [0, 0.1) is 0 Å². The Bertz CT molecular complexity index is 3060. The molecule has 11 rings (SSSR count). The van der Waals surface area contributed by atoms with E-state index in [-0.39, 0.29) is 11.6 Å². The lowest BCUT2D eigenvalue weighted by atomic mass is 9.81. The number of allylic oxidation sites excluding steroid dienone is 1. The summed E-state index contributed by atoms with van der Waals surface area (Å²) in [5.74, 6) is 0. The summed E-state index contributed by atoms with van der Waals surface area (Å²) in [6.07, 6.45) is 1.96. The van der Waals surface area contributed by atoms with Gasteiger partial charge in [-0.3, -0.25) is 4.99 Å². The fourth-order valence-corrected chi connectivity index (χ4v) is 9.65. The number of benzene rings is 8. The first-order valence-electron chi connectivity index (χ1n) is 18.6. The third kappa shape index (κ3) is 4.87. The highest BCUT2D eigenvalue weighted by Crippen LogP contribution is 2.49. The van der Waals surface area contributed by atoms with Gasteiger partial charge >= 0.3 is 0 Å². The molecule has 1 aliphatic carbocycles. The summed E-state index contributed by atoms with van der Waals surface area (Å²) >= 11 is 1.75. The molecule has 1 aromatic heterocycles. The van der Waals surface area contributed by atoms with Crippen LogP contribution in [0.25, 0.3) is 69.9 Å². The SMILES string of the molecule is CC1(C)c2ccccc2-c2ccc(C3=NC(c4ccc5c(ccc6ccc7sc(-c8ccccc8)nc7c65)c4)NC(c4ccc5ccccc5c4)=C3)cc21. The first-order valence-corrected chi connectivity index (χ1v) is 19.4. The second kappa shape index (κ2) is 11.8. The Hall–Kier alpha value is -6.36. The lowest BCUT2D eigenvalue weighted by Crippen LogP contribution is -2.25. The average Bonchev–Trinajstić information content (AvgIpc) is 3.77. The highest BCUT2D eigenvalue weighted by Gasteiger charge is 2.35. The number of thiazole rings is 1. The molecular weight excluding hydrogens is 675 g/mol. The van der Waals surface area contributed by atoms with Crippen LogP contribution in [0.3, 0.4) is 0 Å². The van der Waals surface area contributed by atoms with E-state index in [2.05, 4.69) is 183 Å². The van der Waals surface area contributed by atoms with Crippen LogP contribution >= 0.6 is 11.3 Å². The van der Waals surface area contributed by atoms with E-state index in [0.717, 1.165) is 44.2 Å². The van der Waals surface area contributed by atoms with Gasteiger partial charge in [0.05, 0.1) is 15.9 Å². The molecule has 1 N–H and O–H groups in total. The maximum Gasteiger partial charge on any atom is 0.145 e. The predicted octanol–water partition coefficient (Wildman–Crippen LogP) is 12.9. The van der Waals surface area contributed by atoms with Gasteiger partial charge in [0.2, 0.25) is 0 Å². The van der Waals surface area contributed by atoms with Gasteiger partial charge in [-0.2, -0.15) is 0 Å². The number of fused-ring (bicyclic) bond motifs is 9. The highest BCUT2D eigenvalue weighted by atomic mass is 32.1. The minimum absolute atomic E-state index is 0.0919. The smallest absolute Gasteiger partial charge is 0.145 e. The van der Waals surface area contributed by atoms with Gasteiger partial charge in [0.1, 0.15) is 11.2 Å². The van der Waals surface area contributed by atoms with Gasteiger partial charge < -0.3 is 5.32 Å². The van der Waals surface area contributed by atoms with Crippen LogP contribution in [-0.2, 0) is 5.41 Å². The first-order chi connectivity index (χ1) is 26.5. The normalized spacial score (nSPS) is 15.9. The van der Waals surface area contributed by atoms with Crippen molar-refractivity contribution in [2.75, 3.05) is 0 Å². The number of rotatable bonds is 4. The Kier molecular flexibility index (Phi) is 6.83. The van der Waals surface area contributed by atoms with Gasteiger partial charge in [-0.1, -0.05) is 147 Å². The highest BCUT2D eigenvalue weighted by molar-refractivity contribution is 7.21. The summed E-state index contributed by atoms with van der Waals surface area (Å²) < 4.78 is 1.20. The molecule has 3 nitrogen and oxygen atoms in total. The van der Waals surface area contributed by atoms with E-state index in [1.54, 1.807) is 11.3 Å². The summed E-state index contributed by atoms with van der Waals surface area (Å²) in [4.78, 5) is 10.7. The molecule has 0 saturated carbocycles. The second-order valence-corrected chi connectivity index (χ2v) is 16.1. The molecule has 0 bridgehead atoms. The summed E-state index contributed by atoms with van der Waals surface area (Å²) in [6.45, 7) is 4.68. The Morgan fingerprint density at radius 3 is 2.22 bits per heavy atom. The molecule has 256 valence electrons. The molecule has 8 aromatic carbocycles. The molecule has 1 atom stereocenters. The number of aliphatic imine (C=N–C) groups is 1. The van der Waals surface area contributed by atoms with Crippen LogP contribution < -0.4 is 5.32 Å². The lowest BCUT2D eigenvalue weighted by Gasteiger charge is -2.26. The molecule has 0 amide bonds. The van der Waals surface area contributed by atoms with Crippen LogP contribution in [0.15, 0.2) is 169 Å². The monoisotopic (exact) mass is 709 g/mol. The largest absolute Gasteiger partial charge is 0.360 e. The third-order valence-corrected chi connectivity index (χ3v) is 12.6. The van der Waals surface area contributed by atoms with Crippen molar-refractivity contribution in [3.05, 3.63) is 192 Å². The standard InChI is InChI=1S/C50H35N3S/c1-50(2)41-15-9-8-14-39(41)40-24-20-36(28-42(40)50)44-29-43(35-19-16-30-10-6-7-13-33(30)26-35)51-48(52-44)37-21-23-38-34(27-37)18-17-31-22-25-45-47(46(31)38)53-49(54-45)32-11-4-3-5-12-32/h3-29,48,51H,1-2H3. The Morgan fingerprint density at radius 1 is 0.574 bits per heavy atom. The van der Waals surface area contributed by atoms with Crippen molar-refractivity contribution in [1.29, 1.82) is 0 Å². The van der Waals surface area contributed by atoms with Gasteiger partial charge in [0.15, 0.2) is 0 Å². The molecule has 9 aromatic rings. The van der Waals surface area contributed by atoms with Crippen LogP contribution in [-0.4, -0.2) is 10.7 Å². The van der Waals surface area contributed by atoms with Crippen molar-refractivity contribution in [2.45, 2.75) is 25.4 Å². The van der Waals surface area contributed by atoms with Crippen molar-refractivity contribution in [3.8, 4) is 21.7 Å². The molecule has 0 radical (unpaired) electrons. The number of hydrogen-bond donors (Lipinski definition) is 1. The fourth-order valence-electron chi connectivity index (χ4n) is 8.67. The van der Waals surface area contributed by atoms with Gasteiger partial charge in [0.25, 0.3) is 0 Å². The summed E-state index contributed by atoms with van der Waals surface area (Å²) in [5.41, 5.74) is 12.9. The Morgan fingerprint density at radius 2 is 1.31 bits per heavy atom. The number of hydrogen-bond acceptors (Lipinski definition) is 4. The number of aromatic nitrogens is 1. The summed E-state index contributed by atoms with van der Waals surface area (Å²) in [6, 6.07) is 57.3. The zero-order valence-electron chi connectivity index (χ0n) is 30.0. The van der Waals surface area contributed by atoms with Gasteiger partial charge in [-0.05, 0) is 90.7 Å². The van der Waals surface area contributed by atoms with Crippen molar-refractivity contribution in [3.63, 3.8) is 0 Å². The van der Waals surface area contributed by atoms with E-state index in [0.29, 0.717) is 0 Å². The quantitative estimate of drug-likeness (QED) is 0.185. The van der Waals surface area contributed by atoms with Crippen LogP contribution in [0.1, 0.15) is 47.8 Å². The molecule has 0 spiro atoms. The summed E-state index contributed by atoms with van der Waals surface area (Å²) in [5, 5.41) is 12.1. The predicted molar refractivity (Wildman–Crippen MR) is 228 cm³/mol. The minimum Gasteiger partial charge on any atom is -0.360 e. The molecule has 2 aliphatic rings. The van der Waals surface area contributed by atoms with Gasteiger partial charge in [-0.15, -0.1) is 11.3 Å².